The van der Waals surface area contributed by atoms with Crippen LogP contribution in [0.25, 0.3) is 0 Å². The van der Waals surface area contributed by atoms with Crippen LogP contribution in [0.2, 0.25) is 5.02 Å². The van der Waals surface area contributed by atoms with Gasteiger partial charge in [0, 0.05) is 23.4 Å². The second-order valence-corrected chi connectivity index (χ2v) is 5.92. The highest BCUT2D eigenvalue weighted by molar-refractivity contribution is 7.12. The molecule has 0 spiro atoms. The fraction of sp³-hybridized carbons (Fsp3) is 0.267. The lowest BCUT2D eigenvalue weighted by atomic mass is 10.0. The van der Waals surface area contributed by atoms with Crippen LogP contribution in [-0.2, 0) is 12.8 Å². The third-order valence-corrected chi connectivity index (χ3v) is 4.43. The van der Waals surface area contributed by atoms with E-state index in [2.05, 4.69) is 0 Å². The van der Waals surface area contributed by atoms with Crippen molar-refractivity contribution in [2.45, 2.75) is 12.8 Å². The van der Waals surface area contributed by atoms with E-state index in [1.165, 1.54) is 11.3 Å². The summed E-state index contributed by atoms with van der Waals surface area (Å²) in [6.45, 7) is 0.652. The summed E-state index contributed by atoms with van der Waals surface area (Å²) in [4.78, 5) is 13.0. The molecule has 0 bridgehead atoms. The van der Waals surface area contributed by atoms with Crippen LogP contribution in [-0.4, -0.2) is 19.5 Å². The van der Waals surface area contributed by atoms with Gasteiger partial charge in [0.25, 0.3) is 0 Å². The zero-order valence-corrected chi connectivity index (χ0v) is 12.5. The second-order valence-electron chi connectivity index (χ2n) is 4.57. The first-order chi connectivity index (χ1) is 9.69. The van der Waals surface area contributed by atoms with Gasteiger partial charge in [-0.1, -0.05) is 11.6 Å². The van der Waals surface area contributed by atoms with Gasteiger partial charge in [-0.25, -0.2) is 0 Å². The van der Waals surface area contributed by atoms with Gasteiger partial charge >= 0.3 is 0 Å². The number of Topliss-reactive ketones (excluding diaryl/α,β-unsaturated/α-hetero) is 1. The van der Waals surface area contributed by atoms with E-state index in [0.717, 1.165) is 23.3 Å². The summed E-state index contributed by atoms with van der Waals surface area (Å²) in [5.41, 5.74) is 1.93. The second kappa shape index (κ2) is 5.46. The van der Waals surface area contributed by atoms with Crippen molar-refractivity contribution >= 4 is 28.7 Å². The molecular formula is C15H13ClO3S. The number of halogens is 1. The molecule has 0 N–H and O–H groups in total. The smallest absolute Gasteiger partial charge is 0.181 e. The van der Waals surface area contributed by atoms with Crippen molar-refractivity contribution in [3.05, 3.63) is 44.6 Å². The molecule has 1 aromatic heterocycles. The highest BCUT2D eigenvalue weighted by atomic mass is 35.5. The third-order valence-electron chi connectivity index (χ3n) is 3.28. The zero-order chi connectivity index (χ0) is 14.1. The van der Waals surface area contributed by atoms with Crippen molar-refractivity contribution < 1.29 is 14.3 Å². The molecule has 0 amide bonds. The first-order valence-electron chi connectivity index (χ1n) is 6.28. The number of benzene rings is 1. The molecule has 0 aliphatic carbocycles. The molecule has 0 saturated carbocycles. The summed E-state index contributed by atoms with van der Waals surface area (Å²) in [6.07, 6.45) is 1.12. The Morgan fingerprint density at radius 2 is 2.35 bits per heavy atom. The Bertz CT molecular complexity index is 663. The molecule has 104 valence electrons. The van der Waals surface area contributed by atoms with E-state index < -0.39 is 0 Å². The molecule has 20 heavy (non-hydrogen) atoms. The maximum absolute atomic E-state index is 12.4. The first-order valence-corrected chi connectivity index (χ1v) is 7.53. The number of ether oxygens (including phenoxy) is 2. The number of hydrogen-bond donors (Lipinski definition) is 0. The van der Waals surface area contributed by atoms with Crippen molar-refractivity contribution in [1.29, 1.82) is 0 Å². The van der Waals surface area contributed by atoms with Crippen LogP contribution in [0.3, 0.4) is 0 Å². The summed E-state index contributed by atoms with van der Waals surface area (Å²) in [5, 5.41) is 2.50. The minimum atomic E-state index is 0.0248. The quantitative estimate of drug-likeness (QED) is 0.807. The van der Waals surface area contributed by atoms with Crippen molar-refractivity contribution in [2.75, 3.05) is 13.7 Å². The number of rotatable bonds is 4. The minimum absolute atomic E-state index is 0.0248. The molecule has 3 rings (SSSR count). The Hall–Kier alpha value is -1.52. The van der Waals surface area contributed by atoms with Crippen molar-refractivity contribution in [3.8, 4) is 11.5 Å². The van der Waals surface area contributed by atoms with Crippen LogP contribution in [0.4, 0.5) is 0 Å². The molecule has 1 aliphatic rings. The molecule has 0 saturated heterocycles. The van der Waals surface area contributed by atoms with Gasteiger partial charge in [-0.2, -0.15) is 0 Å². The van der Waals surface area contributed by atoms with Gasteiger partial charge < -0.3 is 9.47 Å². The Morgan fingerprint density at radius 1 is 1.50 bits per heavy atom. The van der Waals surface area contributed by atoms with Crippen LogP contribution < -0.4 is 9.47 Å². The van der Waals surface area contributed by atoms with Crippen LogP contribution in [0.15, 0.2) is 23.6 Å². The predicted octanol–water partition coefficient (Wildman–Crippen LogP) is 3.77. The van der Waals surface area contributed by atoms with Crippen molar-refractivity contribution in [1.82, 2.24) is 0 Å². The monoisotopic (exact) mass is 308 g/mol. The van der Waals surface area contributed by atoms with Crippen LogP contribution in [0.1, 0.15) is 20.8 Å². The standard InChI is InChI=1S/C15H13ClO3S/c1-18-13-3-5-20-15(13)12(17)8-10-7-11(16)6-9-2-4-19-14(9)10/h3,5-7H,2,4,8H2,1H3. The molecule has 1 aliphatic heterocycles. The molecule has 2 heterocycles. The summed E-state index contributed by atoms with van der Waals surface area (Å²) in [5.74, 6) is 1.47. The van der Waals surface area contributed by atoms with Crippen molar-refractivity contribution in [3.63, 3.8) is 0 Å². The molecule has 0 fully saturated rings. The summed E-state index contributed by atoms with van der Waals surface area (Å²) < 4.78 is 10.8. The van der Waals surface area contributed by atoms with E-state index in [1.807, 2.05) is 17.5 Å². The number of thiophene rings is 1. The van der Waals surface area contributed by atoms with E-state index in [0.29, 0.717) is 22.3 Å². The Balaban J connectivity index is 1.90. The van der Waals surface area contributed by atoms with Gasteiger partial charge in [-0.15, -0.1) is 11.3 Å². The molecule has 3 nitrogen and oxygen atoms in total. The van der Waals surface area contributed by atoms with Crippen LogP contribution >= 0.6 is 22.9 Å². The number of fused-ring (bicyclic) bond motifs is 1. The van der Waals surface area contributed by atoms with Gasteiger partial charge in [0.05, 0.1) is 13.7 Å². The molecule has 0 atom stereocenters. The van der Waals surface area contributed by atoms with Gasteiger partial charge in [0.1, 0.15) is 16.4 Å². The fourth-order valence-electron chi connectivity index (χ4n) is 2.39. The minimum Gasteiger partial charge on any atom is -0.495 e. The van der Waals surface area contributed by atoms with E-state index in [9.17, 15) is 4.79 Å². The molecule has 2 aromatic rings. The lowest BCUT2D eigenvalue weighted by Gasteiger charge is -2.08. The Kier molecular flexibility index (Phi) is 3.68. The van der Waals surface area contributed by atoms with E-state index in [4.69, 9.17) is 21.1 Å². The SMILES string of the molecule is COc1ccsc1C(=O)Cc1cc(Cl)cc2c1OCC2. The van der Waals surface area contributed by atoms with E-state index in [-0.39, 0.29) is 12.2 Å². The Labute approximate surface area is 126 Å². The number of carbonyl (C=O) groups excluding carboxylic acids is 1. The maximum atomic E-state index is 12.4. The Morgan fingerprint density at radius 3 is 3.15 bits per heavy atom. The first kappa shape index (κ1) is 13.5. The number of hydrogen-bond acceptors (Lipinski definition) is 4. The molecule has 1 aromatic carbocycles. The van der Waals surface area contributed by atoms with Gasteiger partial charge in [-0.3, -0.25) is 4.79 Å². The fourth-order valence-corrected chi connectivity index (χ4v) is 3.45. The summed E-state index contributed by atoms with van der Waals surface area (Å²) in [6, 6.07) is 5.52. The van der Waals surface area contributed by atoms with Crippen LogP contribution in [0, 0.1) is 0 Å². The average molecular weight is 309 g/mol. The van der Waals surface area contributed by atoms with E-state index >= 15 is 0 Å². The van der Waals surface area contributed by atoms with Crippen LogP contribution in [0.5, 0.6) is 11.5 Å². The van der Waals surface area contributed by atoms with Gasteiger partial charge in [0.15, 0.2) is 5.78 Å². The lowest BCUT2D eigenvalue weighted by molar-refractivity contribution is 0.0993. The molecular weight excluding hydrogens is 296 g/mol. The predicted molar refractivity (Wildman–Crippen MR) is 79.6 cm³/mol. The molecule has 5 heteroatoms. The summed E-state index contributed by atoms with van der Waals surface area (Å²) >= 11 is 7.50. The maximum Gasteiger partial charge on any atom is 0.181 e. The number of methoxy groups -OCH3 is 1. The van der Waals surface area contributed by atoms with E-state index in [1.54, 1.807) is 13.2 Å². The topological polar surface area (TPSA) is 35.5 Å². The number of carbonyl (C=O) groups is 1. The largest absolute Gasteiger partial charge is 0.495 e. The number of ketones is 1. The molecule has 0 unspecified atom stereocenters. The highest BCUT2D eigenvalue weighted by Crippen LogP contribution is 2.34. The van der Waals surface area contributed by atoms with Crippen molar-refractivity contribution in [2.24, 2.45) is 0 Å². The lowest BCUT2D eigenvalue weighted by Crippen LogP contribution is -2.04. The average Bonchev–Trinajstić information content (AvgIpc) is 3.06. The zero-order valence-electron chi connectivity index (χ0n) is 10.9. The van der Waals surface area contributed by atoms with Gasteiger partial charge in [-0.05, 0) is 29.1 Å². The third kappa shape index (κ3) is 2.41. The highest BCUT2D eigenvalue weighted by Gasteiger charge is 2.21. The molecule has 0 radical (unpaired) electrons. The van der Waals surface area contributed by atoms with Gasteiger partial charge in [0.2, 0.25) is 0 Å². The summed E-state index contributed by atoms with van der Waals surface area (Å²) in [7, 11) is 1.57. The normalized spacial score (nSPS) is 12.9.